The summed E-state index contributed by atoms with van der Waals surface area (Å²) >= 11 is 0. The molecule has 100 valence electrons. The summed E-state index contributed by atoms with van der Waals surface area (Å²) < 4.78 is 0. The summed E-state index contributed by atoms with van der Waals surface area (Å²) in [5.41, 5.74) is 5.81. The quantitative estimate of drug-likeness (QED) is 0.681. The summed E-state index contributed by atoms with van der Waals surface area (Å²) in [7, 11) is 0. The van der Waals surface area contributed by atoms with Crippen LogP contribution in [-0.2, 0) is 0 Å². The lowest BCUT2D eigenvalue weighted by molar-refractivity contribution is 0.566. The Bertz CT molecular complexity index is 395. The van der Waals surface area contributed by atoms with E-state index in [2.05, 4.69) is 38.2 Å². The van der Waals surface area contributed by atoms with Gasteiger partial charge in [-0.1, -0.05) is 56.7 Å². The Kier molecular flexibility index (Phi) is 4.68. The Morgan fingerprint density at radius 2 is 1.89 bits per heavy atom. The van der Waals surface area contributed by atoms with Crippen LogP contribution in [0.2, 0.25) is 0 Å². The molecule has 0 fully saturated rings. The van der Waals surface area contributed by atoms with Crippen LogP contribution in [0, 0.1) is 13.8 Å². The van der Waals surface area contributed by atoms with Gasteiger partial charge in [-0.2, -0.15) is 0 Å². The van der Waals surface area contributed by atoms with Gasteiger partial charge in [0.2, 0.25) is 0 Å². The second-order valence-electron chi connectivity index (χ2n) is 5.83. The van der Waals surface area contributed by atoms with Crippen molar-refractivity contribution in [2.45, 2.75) is 65.2 Å². The fraction of sp³-hybridized carbons (Fsp3) is 0.647. The average molecular weight is 245 g/mol. The van der Waals surface area contributed by atoms with Crippen molar-refractivity contribution in [1.29, 1.82) is 0 Å². The molecule has 2 rings (SSSR count). The topological polar surface area (TPSA) is 12.0 Å². The minimum atomic E-state index is 0.750. The van der Waals surface area contributed by atoms with E-state index in [9.17, 15) is 0 Å². The van der Waals surface area contributed by atoms with E-state index in [0.29, 0.717) is 0 Å². The van der Waals surface area contributed by atoms with Crippen molar-refractivity contribution in [2.75, 3.05) is 11.9 Å². The number of rotatable bonds is 6. The van der Waals surface area contributed by atoms with Crippen LogP contribution in [0.25, 0.3) is 0 Å². The Labute approximate surface area is 112 Å². The highest BCUT2D eigenvalue weighted by Gasteiger charge is 2.23. The summed E-state index contributed by atoms with van der Waals surface area (Å²) in [6.45, 7) is 7.86. The zero-order valence-electron chi connectivity index (χ0n) is 12.2. The molecule has 1 atom stereocenters. The minimum absolute atomic E-state index is 0.750. The van der Waals surface area contributed by atoms with Gasteiger partial charge in [0.25, 0.3) is 0 Å². The Morgan fingerprint density at radius 1 is 1.11 bits per heavy atom. The molecule has 1 aromatic rings. The van der Waals surface area contributed by atoms with Crippen molar-refractivity contribution in [3.05, 3.63) is 28.8 Å². The van der Waals surface area contributed by atoms with Gasteiger partial charge < -0.3 is 5.32 Å². The van der Waals surface area contributed by atoms with Crippen LogP contribution >= 0.6 is 0 Å². The van der Waals surface area contributed by atoms with E-state index in [4.69, 9.17) is 0 Å². The van der Waals surface area contributed by atoms with Gasteiger partial charge in [0.05, 0.1) is 0 Å². The molecule has 1 N–H and O–H groups in total. The third kappa shape index (κ3) is 3.07. The number of hydrogen-bond donors (Lipinski definition) is 1. The minimum Gasteiger partial charge on any atom is -0.384 e. The third-order valence-electron chi connectivity index (χ3n) is 4.13. The van der Waals surface area contributed by atoms with Crippen LogP contribution < -0.4 is 5.32 Å². The number of fused-ring (bicyclic) bond motifs is 1. The summed E-state index contributed by atoms with van der Waals surface area (Å²) in [4.78, 5) is 0. The Morgan fingerprint density at radius 3 is 2.67 bits per heavy atom. The molecule has 0 aromatic heterocycles. The molecule has 1 nitrogen and oxygen atoms in total. The van der Waals surface area contributed by atoms with Crippen molar-refractivity contribution in [1.82, 2.24) is 0 Å². The average Bonchev–Trinajstić information content (AvgIpc) is 2.72. The molecule has 1 heterocycles. The fourth-order valence-corrected chi connectivity index (χ4v) is 3.15. The Balaban J connectivity index is 1.91. The predicted molar refractivity (Wildman–Crippen MR) is 80.5 cm³/mol. The lowest BCUT2D eigenvalue weighted by atomic mass is 9.92. The normalized spacial score (nSPS) is 17.6. The molecule has 0 spiro atoms. The lowest BCUT2D eigenvalue weighted by Gasteiger charge is -2.11. The fourth-order valence-electron chi connectivity index (χ4n) is 3.15. The second-order valence-corrected chi connectivity index (χ2v) is 5.83. The van der Waals surface area contributed by atoms with Crippen molar-refractivity contribution in [2.24, 2.45) is 0 Å². The molecule has 18 heavy (non-hydrogen) atoms. The van der Waals surface area contributed by atoms with Crippen LogP contribution in [0.15, 0.2) is 12.1 Å². The molecule has 0 saturated carbocycles. The number of unbranched alkanes of at least 4 members (excludes halogenated alkanes) is 4. The maximum atomic E-state index is 3.60. The van der Waals surface area contributed by atoms with E-state index in [1.807, 2.05) is 0 Å². The van der Waals surface area contributed by atoms with Crippen LogP contribution in [0.3, 0.4) is 0 Å². The van der Waals surface area contributed by atoms with Crippen molar-refractivity contribution < 1.29 is 0 Å². The number of aryl methyl sites for hydroxylation is 2. The first-order chi connectivity index (χ1) is 8.72. The zero-order chi connectivity index (χ0) is 13.0. The van der Waals surface area contributed by atoms with Gasteiger partial charge >= 0.3 is 0 Å². The van der Waals surface area contributed by atoms with Gasteiger partial charge in [-0.15, -0.1) is 0 Å². The first-order valence-corrected chi connectivity index (χ1v) is 7.57. The van der Waals surface area contributed by atoms with Crippen LogP contribution in [0.1, 0.15) is 68.1 Å². The third-order valence-corrected chi connectivity index (χ3v) is 4.13. The molecule has 1 unspecified atom stereocenters. The first kappa shape index (κ1) is 13.5. The number of nitrogens with one attached hydrogen (secondary N) is 1. The number of anilines is 1. The highest BCUT2D eigenvalue weighted by Crippen LogP contribution is 2.37. The van der Waals surface area contributed by atoms with Gasteiger partial charge in [-0.3, -0.25) is 0 Å². The largest absolute Gasteiger partial charge is 0.384 e. The smallest absolute Gasteiger partial charge is 0.0406 e. The molecule has 0 radical (unpaired) electrons. The van der Waals surface area contributed by atoms with E-state index in [0.717, 1.165) is 12.5 Å². The summed E-state index contributed by atoms with van der Waals surface area (Å²) in [5, 5.41) is 3.60. The van der Waals surface area contributed by atoms with Gasteiger partial charge in [-0.05, 0) is 31.4 Å². The van der Waals surface area contributed by atoms with Crippen LogP contribution in [0.5, 0.6) is 0 Å². The molecule has 0 saturated heterocycles. The summed E-state index contributed by atoms with van der Waals surface area (Å²) in [6.07, 6.45) is 8.30. The molecule has 0 bridgehead atoms. The molecule has 0 amide bonds. The van der Waals surface area contributed by atoms with Crippen molar-refractivity contribution in [3.8, 4) is 0 Å². The maximum Gasteiger partial charge on any atom is 0.0406 e. The predicted octanol–water partition coefficient (Wildman–Crippen LogP) is 5.17. The number of benzene rings is 1. The molecule has 0 aliphatic carbocycles. The first-order valence-electron chi connectivity index (χ1n) is 7.57. The van der Waals surface area contributed by atoms with Gasteiger partial charge in [-0.25, -0.2) is 0 Å². The maximum absolute atomic E-state index is 3.60. The van der Waals surface area contributed by atoms with Crippen molar-refractivity contribution in [3.63, 3.8) is 0 Å². The second kappa shape index (κ2) is 6.26. The molecule has 1 heteroatoms. The summed E-state index contributed by atoms with van der Waals surface area (Å²) in [6, 6.07) is 4.68. The van der Waals surface area contributed by atoms with Gasteiger partial charge in [0.1, 0.15) is 0 Å². The molecule has 1 aliphatic heterocycles. The highest BCUT2D eigenvalue weighted by atomic mass is 14.9. The van der Waals surface area contributed by atoms with Gasteiger partial charge in [0.15, 0.2) is 0 Å². The van der Waals surface area contributed by atoms with E-state index in [1.54, 1.807) is 5.56 Å². The molecule has 1 aromatic carbocycles. The van der Waals surface area contributed by atoms with E-state index in [-0.39, 0.29) is 0 Å². The highest BCUT2D eigenvalue weighted by molar-refractivity contribution is 5.63. The van der Waals surface area contributed by atoms with E-state index < -0.39 is 0 Å². The standard InChI is InChI=1S/C17H27N/c1-4-5-6-7-8-9-15-12-18-17-14(3)10-13(2)11-16(15)17/h10-11,15,18H,4-9,12H2,1-3H3. The van der Waals surface area contributed by atoms with Crippen LogP contribution in [0.4, 0.5) is 5.69 Å². The van der Waals surface area contributed by atoms with Gasteiger partial charge in [0, 0.05) is 18.2 Å². The zero-order valence-corrected chi connectivity index (χ0v) is 12.2. The monoisotopic (exact) mass is 245 g/mol. The lowest BCUT2D eigenvalue weighted by Crippen LogP contribution is -2.01. The van der Waals surface area contributed by atoms with Crippen molar-refractivity contribution >= 4 is 5.69 Å². The molecular weight excluding hydrogens is 218 g/mol. The van der Waals surface area contributed by atoms with E-state index >= 15 is 0 Å². The SMILES string of the molecule is CCCCCCCC1CNc2c(C)cc(C)cc21. The van der Waals surface area contributed by atoms with E-state index in [1.165, 1.54) is 55.3 Å². The summed E-state index contributed by atoms with van der Waals surface area (Å²) in [5.74, 6) is 0.750. The molecular formula is C17H27N. The molecule has 1 aliphatic rings. The van der Waals surface area contributed by atoms with Crippen LogP contribution in [-0.4, -0.2) is 6.54 Å². The number of hydrogen-bond acceptors (Lipinski definition) is 1. The Hall–Kier alpha value is -0.980.